The van der Waals surface area contributed by atoms with Crippen LogP contribution in [0, 0.1) is 17.5 Å². The molecule has 0 heterocycles. The van der Waals surface area contributed by atoms with Crippen LogP contribution in [0.15, 0.2) is 34.8 Å². The lowest BCUT2D eigenvalue weighted by molar-refractivity contribution is 0.598. The summed E-state index contributed by atoms with van der Waals surface area (Å²) < 4.78 is 40.0. The minimum Gasteiger partial charge on any atom is -0.395 e. The molecule has 2 aromatic carbocycles. The van der Waals surface area contributed by atoms with Crippen LogP contribution >= 0.6 is 15.9 Å². The second-order valence-electron chi connectivity index (χ2n) is 3.57. The zero-order valence-electron chi connectivity index (χ0n) is 8.98. The number of nitrogens with two attached hydrogens (primary N) is 1. The Morgan fingerprint density at radius 2 is 1.67 bits per heavy atom. The largest absolute Gasteiger partial charge is 0.395 e. The Bertz CT molecular complexity index is 602. The molecule has 0 aliphatic carbocycles. The number of nitrogens with one attached hydrogen (secondary N) is 1. The Hall–Kier alpha value is -1.69. The molecule has 0 atom stereocenters. The molecular formula is C12H8BrF3N2. The zero-order chi connectivity index (χ0) is 13.3. The molecule has 0 bridgehead atoms. The minimum absolute atomic E-state index is 0.0118. The van der Waals surface area contributed by atoms with Gasteiger partial charge in [0, 0.05) is 6.07 Å². The average Bonchev–Trinajstić information content (AvgIpc) is 2.32. The molecule has 0 aliphatic rings. The fourth-order valence-electron chi connectivity index (χ4n) is 1.41. The Morgan fingerprint density at radius 3 is 2.39 bits per heavy atom. The molecule has 2 nitrogen and oxygen atoms in total. The summed E-state index contributed by atoms with van der Waals surface area (Å²) >= 11 is 2.86. The molecule has 18 heavy (non-hydrogen) atoms. The van der Waals surface area contributed by atoms with Gasteiger partial charge in [0.15, 0.2) is 0 Å². The monoisotopic (exact) mass is 316 g/mol. The van der Waals surface area contributed by atoms with E-state index in [1.165, 1.54) is 18.2 Å². The van der Waals surface area contributed by atoms with E-state index >= 15 is 0 Å². The number of hydrogen-bond acceptors (Lipinski definition) is 2. The van der Waals surface area contributed by atoms with E-state index in [1.807, 2.05) is 0 Å². The minimum atomic E-state index is -0.674. The Kier molecular flexibility index (Phi) is 3.47. The lowest BCUT2D eigenvalue weighted by Gasteiger charge is -2.11. The predicted molar refractivity (Wildman–Crippen MR) is 68.2 cm³/mol. The van der Waals surface area contributed by atoms with Gasteiger partial charge in [-0.1, -0.05) is 6.07 Å². The van der Waals surface area contributed by atoms with Crippen LogP contribution in [0.25, 0.3) is 0 Å². The fourth-order valence-corrected chi connectivity index (χ4v) is 1.72. The molecule has 0 saturated carbocycles. The molecule has 0 aromatic heterocycles. The van der Waals surface area contributed by atoms with E-state index in [1.54, 1.807) is 0 Å². The van der Waals surface area contributed by atoms with Gasteiger partial charge in [0.05, 0.1) is 21.5 Å². The molecule has 3 N–H and O–H groups in total. The van der Waals surface area contributed by atoms with Crippen molar-refractivity contribution in [3.05, 3.63) is 52.3 Å². The van der Waals surface area contributed by atoms with Gasteiger partial charge >= 0.3 is 0 Å². The summed E-state index contributed by atoms with van der Waals surface area (Å²) in [6.45, 7) is 0. The topological polar surface area (TPSA) is 38.0 Å². The van der Waals surface area contributed by atoms with Crippen molar-refractivity contribution in [2.24, 2.45) is 0 Å². The van der Waals surface area contributed by atoms with E-state index < -0.39 is 17.5 Å². The summed E-state index contributed by atoms with van der Waals surface area (Å²) in [5.41, 5.74) is 5.39. The van der Waals surface area contributed by atoms with Crippen molar-refractivity contribution in [1.29, 1.82) is 0 Å². The summed E-state index contributed by atoms with van der Waals surface area (Å²) in [5, 5.41) is 2.55. The Balaban J connectivity index is 2.40. The highest BCUT2D eigenvalue weighted by Crippen LogP contribution is 2.29. The van der Waals surface area contributed by atoms with Gasteiger partial charge in [-0.2, -0.15) is 0 Å². The SMILES string of the molecule is Nc1c(F)cccc1Nc1cc(F)c(Br)cc1F. The molecule has 0 spiro atoms. The Labute approximate surface area is 110 Å². The first-order chi connectivity index (χ1) is 8.49. The highest BCUT2D eigenvalue weighted by atomic mass is 79.9. The smallest absolute Gasteiger partial charge is 0.148 e. The maximum atomic E-state index is 13.6. The van der Waals surface area contributed by atoms with Gasteiger partial charge in [-0.05, 0) is 34.1 Å². The highest BCUT2D eigenvalue weighted by Gasteiger charge is 2.10. The third-order valence-electron chi connectivity index (χ3n) is 2.33. The first-order valence-corrected chi connectivity index (χ1v) is 5.74. The van der Waals surface area contributed by atoms with Gasteiger partial charge in [0.1, 0.15) is 17.5 Å². The summed E-state index contributed by atoms with van der Waals surface area (Å²) in [6.07, 6.45) is 0. The van der Waals surface area contributed by atoms with Crippen molar-refractivity contribution in [1.82, 2.24) is 0 Å². The molecule has 2 aromatic rings. The van der Waals surface area contributed by atoms with Crippen molar-refractivity contribution >= 4 is 33.0 Å². The van der Waals surface area contributed by atoms with Crippen molar-refractivity contribution in [2.45, 2.75) is 0 Å². The highest BCUT2D eigenvalue weighted by molar-refractivity contribution is 9.10. The van der Waals surface area contributed by atoms with E-state index in [4.69, 9.17) is 5.73 Å². The third kappa shape index (κ3) is 2.43. The van der Waals surface area contributed by atoms with Crippen LogP contribution in [0.5, 0.6) is 0 Å². The van der Waals surface area contributed by atoms with E-state index in [0.29, 0.717) is 0 Å². The summed E-state index contributed by atoms with van der Waals surface area (Å²) in [4.78, 5) is 0. The zero-order valence-corrected chi connectivity index (χ0v) is 10.6. The van der Waals surface area contributed by atoms with Crippen molar-refractivity contribution in [2.75, 3.05) is 11.1 Å². The maximum Gasteiger partial charge on any atom is 0.148 e. The summed E-state index contributed by atoms with van der Waals surface area (Å²) in [6, 6.07) is 6.01. The molecular weight excluding hydrogens is 309 g/mol. The van der Waals surface area contributed by atoms with Crippen LogP contribution in [0.2, 0.25) is 0 Å². The number of halogens is 4. The maximum absolute atomic E-state index is 13.6. The van der Waals surface area contributed by atoms with Gasteiger partial charge in [-0.3, -0.25) is 0 Å². The molecule has 0 fully saturated rings. The number of rotatable bonds is 2. The van der Waals surface area contributed by atoms with Crippen molar-refractivity contribution in [3.63, 3.8) is 0 Å². The van der Waals surface area contributed by atoms with Crippen LogP contribution in [-0.4, -0.2) is 0 Å². The molecule has 0 amide bonds. The Morgan fingerprint density at radius 1 is 0.944 bits per heavy atom. The van der Waals surface area contributed by atoms with Crippen LogP contribution in [0.3, 0.4) is 0 Å². The fraction of sp³-hybridized carbons (Fsp3) is 0. The predicted octanol–water partition coefficient (Wildman–Crippen LogP) is 4.19. The molecule has 0 radical (unpaired) electrons. The second kappa shape index (κ2) is 4.89. The quantitative estimate of drug-likeness (QED) is 0.644. The number of nitrogen functional groups attached to an aromatic ring is 1. The van der Waals surface area contributed by atoms with Crippen molar-refractivity contribution in [3.8, 4) is 0 Å². The first-order valence-electron chi connectivity index (χ1n) is 4.94. The molecule has 0 aliphatic heterocycles. The number of hydrogen-bond donors (Lipinski definition) is 2. The number of para-hydroxylation sites is 1. The van der Waals surface area contributed by atoms with Gasteiger partial charge in [0.2, 0.25) is 0 Å². The van der Waals surface area contributed by atoms with Gasteiger partial charge in [0.25, 0.3) is 0 Å². The number of benzene rings is 2. The average molecular weight is 317 g/mol. The van der Waals surface area contributed by atoms with E-state index in [-0.39, 0.29) is 21.5 Å². The van der Waals surface area contributed by atoms with Gasteiger partial charge < -0.3 is 11.1 Å². The van der Waals surface area contributed by atoms with Crippen LogP contribution in [-0.2, 0) is 0 Å². The van der Waals surface area contributed by atoms with E-state index in [9.17, 15) is 13.2 Å². The summed E-state index contributed by atoms with van der Waals surface area (Å²) in [7, 11) is 0. The molecule has 0 saturated heterocycles. The van der Waals surface area contributed by atoms with Crippen LogP contribution in [0.1, 0.15) is 0 Å². The first kappa shape index (κ1) is 12.8. The van der Waals surface area contributed by atoms with Crippen LogP contribution in [0.4, 0.5) is 30.2 Å². The normalized spacial score (nSPS) is 10.4. The standard InChI is InChI=1S/C12H8BrF3N2/c13-6-4-9(16)11(5-8(6)15)18-10-3-1-2-7(14)12(10)17/h1-5,18H,17H2. The van der Waals surface area contributed by atoms with Crippen molar-refractivity contribution < 1.29 is 13.2 Å². The summed E-state index contributed by atoms with van der Waals surface area (Å²) in [5.74, 6) is -1.93. The molecule has 94 valence electrons. The number of anilines is 3. The lowest BCUT2D eigenvalue weighted by atomic mass is 10.2. The third-order valence-corrected chi connectivity index (χ3v) is 2.94. The second-order valence-corrected chi connectivity index (χ2v) is 4.43. The van der Waals surface area contributed by atoms with Gasteiger partial charge in [-0.15, -0.1) is 0 Å². The molecule has 0 unspecified atom stereocenters. The van der Waals surface area contributed by atoms with E-state index in [2.05, 4.69) is 21.2 Å². The molecule has 6 heteroatoms. The van der Waals surface area contributed by atoms with E-state index in [0.717, 1.165) is 12.1 Å². The van der Waals surface area contributed by atoms with Crippen LogP contribution < -0.4 is 11.1 Å². The van der Waals surface area contributed by atoms with Gasteiger partial charge in [-0.25, -0.2) is 13.2 Å². The lowest BCUT2D eigenvalue weighted by Crippen LogP contribution is -2.01. The molecule has 2 rings (SSSR count).